The molecule has 2 unspecified atom stereocenters. The van der Waals surface area contributed by atoms with Gasteiger partial charge in [0, 0.05) is 17.8 Å². The van der Waals surface area contributed by atoms with Crippen molar-refractivity contribution in [1.82, 2.24) is 9.80 Å². The smallest absolute Gasteiger partial charge is 0.311 e. The Morgan fingerprint density at radius 2 is 2.00 bits per heavy atom. The molecule has 184 valence electrons. The number of nitrogens with zero attached hydrogens (tertiary/aromatic N) is 2. The number of carbonyl (C=O) groups excluding carboxylic acids is 3. The molecule has 3 heterocycles. The molecule has 6 atom stereocenters. The molecular weight excluding hydrogens is 440 g/mol. The minimum absolute atomic E-state index is 0.0432. The lowest BCUT2D eigenvalue weighted by atomic mass is 9.71. The Labute approximate surface area is 201 Å². The van der Waals surface area contributed by atoms with E-state index in [1.54, 1.807) is 27.6 Å². The van der Waals surface area contributed by atoms with E-state index in [0.29, 0.717) is 19.4 Å². The van der Waals surface area contributed by atoms with Crippen molar-refractivity contribution >= 4 is 29.5 Å². The summed E-state index contributed by atoms with van der Waals surface area (Å²) in [4.78, 5) is 44.5. The van der Waals surface area contributed by atoms with E-state index >= 15 is 0 Å². The van der Waals surface area contributed by atoms with E-state index in [9.17, 15) is 19.5 Å². The van der Waals surface area contributed by atoms with Gasteiger partial charge >= 0.3 is 5.97 Å². The normalized spacial score (nSPS) is 31.1. The van der Waals surface area contributed by atoms with Gasteiger partial charge in [0.15, 0.2) is 0 Å². The minimum atomic E-state index is -0.722. The lowest BCUT2D eigenvalue weighted by Gasteiger charge is -2.41. The topological polar surface area (TPSA) is 87.2 Å². The predicted octanol–water partition coefficient (Wildman–Crippen LogP) is 2.64. The number of hydrogen-bond acceptors (Lipinski definition) is 6. The van der Waals surface area contributed by atoms with Crippen LogP contribution in [0.15, 0.2) is 25.3 Å². The highest BCUT2D eigenvalue weighted by atomic mass is 32.2. The van der Waals surface area contributed by atoms with E-state index in [1.807, 2.05) is 27.7 Å². The molecule has 2 bridgehead atoms. The summed E-state index contributed by atoms with van der Waals surface area (Å²) in [5, 5.41) is 10.2. The van der Waals surface area contributed by atoms with Gasteiger partial charge < -0.3 is 19.6 Å². The fourth-order valence-electron chi connectivity index (χ4n) is 5.94. The molecule has 33 heavy (non-hydrogen) atoms. The van der Waals surface area contributed by atoms with Gasteiger partial charge in [-0.15, -0.1) is 18.3 Å². The summed E-state index contributed by atoms with van der Waals surface area (Å²) in [6, 6.07) is -1.27. The molecule has 3 fully saturated rings. The highest BCUT2D eigenvalue weighted by Crippen LogP contribution is 2.67. The number of rotatable bonds is 11. The summed E-state index contributed by atoms with van der Waals surface area (Å²) in [6.07, 6.45) is 5.25. The van der Waals surface area contributed by atoms with Gasteiger partial charge in [-0.3, -0.25) is 14.4 Å². The van der Waals surface area contributed by atoms with Crippen LogP contribution >= 0.6 is 11.8 Å². The predicted molar refractivity (Wildman–Crippen MR) is 129 cm³/mol. The fourth-order valence-corrected chi connectivity index (χ4v) is 8.13. The number of aliphatic hydroxyl groups excluding tert-OH is 1. The van der Waals surface area contributed by atoms with Crippen LogP contribution < -0.4 is 0 Å². The molecule has 8 heteroatoms. The molecule has 1 spiro atoms. The quantitative estimate of drug-likeness (QED) is 0.363. The average Bonchev–Trinajstić information content (AvgIpc) is 3.40. The molecule has 0 aromatic heterocycles. The van der Waals surface area contributed by atoms with Crippen molar-refractivity contribution < 1.29 is 24.2 Å². The molecular formula is C25H38N2O5S. The lowest BCUT2D eigenvalue weighted by Crippen LogP contribution is -2.58. The number of esters is 1. The number of thioether (sulfide) groups is 1. The van der Waals surface area contributed by atoms with Gasteiger partial charge in [0.1, 0.15) is 12.6 Å². The van der Waals surface area contributed by atoms with Crippen molar-refractivity contribution in [2.75, 3.05) is 19.8 Å². The zero-order valence-electron chi connectivity index (χ0n) is 20.2. The molecule has 0 aromatic carbocycles. The lowest BCUT2D eigenvalue weighted by molar-refractivity contribution is -0.153. The van der Waals surface area contributed by atoms with E-state index in [2.05, 4.69) is 13.2 Å². The average molecular weight is 479 g/mol. The number of hydrogen-bond donors (Lipinski definition) is 1. The largest absolute Gasteiger partial charge is 0.461 e. The second-order valence-corrected chi connectivity index (χ2v) is 11.7. The first-order valence-corrected chi connectivity index (χ1v) is 12.8. The van der Waals surface area contributed by atoms with Crippen molar-refractivity contribution in [3.63, 3.8) is 0 Å². The van der Waals surface area contributed by atoms with Crippen LogP contribution in [0.4, 0.5) is 0 Å². The number of carbonyl (C=O) groups is 3. The van der Waals surface area contributed by atoms with Gasteiger partial charge in [0.25, 0.3) is 0 Å². The molecule has 0 radical (unpaired) electrons. The number of aliphatic hydroxyl groups is 1. The maximum atomic E-state index is 14.1. The minimum Gasteiger partial charge on any atom is -0.461 e. The Balaban J connectivity index is 2.08. The van der Waals surface area contributed by atoms with Crippen LogP contribution in [0.1, 0.15) is 47.0 Å². The third-order valence-electron chi connectivity index (χ3n) is 7.17. The van der Waals surface area contributed by atoms with Crippen LogP contribution in [0.25, 0.3) is 0 Å². The monoisotopic (exact) mass is 478 g/mol. The highest BCUT2D eigenvalue weighted by Gasteiger charge is 2.74. The van der Waals surface area contributed by atoms with Gasteiger partial charge in [-0.2, -0.15) is 0 Å². The maximum absolute atomic E-state index is 14.1. The summed E-state index contributed by atoms with van der Waals surface area (Å²) < 4.78 is 4.70. The molecule has 1 N–H and O–H groups in total. The number of likely N-dealkylation sites (tertiary alicyclic amines) is 1. The SMILES string of the molecule is C=CCOC(=O)[C@@H]1[C@@H]2CCC3(S2)C(C(=O)N(CC=C)C(C)C)N([C@@H](CO)CC(C)C)C(=O)[C@H]13. The van der Waals surface area contributed by atoms with Crippen LogP contribution in [0, 0.1) is 17.8 Å². The summed E-state index contributed by atoms with van der Waals surface area (Å²) >= 11 is 1.61. The number of amides is 2. The second-order valence-electron chi connectivity index (χ2n) is 10.1. The fraction of sp³-hybridized carbons (Fsp3) is 0.720. The van der Waals surface area contributed by atoms with E-state index in [1.165, 1.54) is 6.08 Å². The Hall–Kier alpha value is -1.80. The van der Waals surface area contributed by atoms with Gasteiger partial charge in [0.05, 0.1) is 29.2 Å². The summed E-state index contributed by atoms with van der Waals surface area (Å²) in [5.74, 6) is -1.69. The Morgan fingerprint density at radius 1 is 1.30 bits per heavy atom. The summed E-state index contributed by atoms with van der Waals surface area (Å²) in [7, 11) is 0. The van der Waals surface area contributed by atoms with Crippen molar-refractivity contribution in [2.45, 2.75) is 75.1 Å². The Kier molecular flexibility index (Phi) is 7.99. The van der Waals surface area contributed by atoms with Crippen LogP contribution in [0.5, 0.6) is 0 Å². The van der Waals surface area contributed by atoms with E-state index in [4.69, 9.17) is 4.74 Å². The molecule has 2 amide bonds. The third kappa shape index (κ3) is 4.36. The van der Waals surface area contributed by atoms with Crippen LogP contribution in [-0.2, 0) is 19.1 Å². The van der Waals surface area contributed by atoms with E-state index in [0.717, 1.165) is 6.42 Å². The Morgan fingerprint density at radius 3 is 2.55 bits per heavy atom. The standard InChI is InChI=1S/C25H38N2O5S/c1-7-11-26(16(5)6)23(30)21-25-10-9-18(33-25)19(24(31)32-12-8-2)20(25)22(29)27(21)17(14-28)13-15(3)4/h7-8,15-21,28H,1-2,9-14H2,3-6H3/t17-,18+,19-,20+,21?,25?/m1/s1. The highest BCUT2D eigenvalue weighted by molar-refractivity contribution is 8.02. The first-order valence-electron chi connectivity index (χ1n) is 11.9. The van der Waals surface area contributed by atoms with Gasteiger partial charge in [-0.05, 0) is 39.0 Å². The molecule has 3 aliphatic heterocycles. The first-order chi connectivity index (χ1) is 15.6. The van der Waals surface area contributed by atoms with E-state index < -0.39 is 34.6 Å². The molecule has 0 aliphatic carbocycles. The van der Waals surface area contributed by atoms with Gasteiger partial charge in [-0.1, -0.05) is 32.6 Å². The molecule has 3 saturated heterocycles. The van der Waals surface area contributed by atoms with Gasteiger partial charge in [0.2, 0.25) is 11.8 Å². The van der Waals surface area contributed by atoms with E-state index in [-0.39, 0.29) is 42.2 Å². The van der Waals surface area contributed by atoms with Crippen LogP contribution in [0.3, 0.4) is 0 Å². The molecule has 7 nitrogen and oxygen atoms in total. The Bertz CT molecular complexity index is 800. The van der Waals surface area contributed by atoms with Crippen molar-refractivity contribution in [2.24, 2.45) is 17.8 Å². The van der Waals surface area contributed by atoms with Crippen LogP contribution in [0.2, 0.25) is 0 Å². The van der Waals surface area contributed by atoms with Crippen LogP contribution in [-0.4, -0.2) is 80.6 Å². The third-order valence-corrected chi connectivity index (χ3v) is 9.12. The molecule has 3 rings (SSSR count). The second kappa shape index (κ2) is 10.2. The van der Waals surface area contributed by atoms with Crippen molar-refractivity contribution in [3.8, 4) is 0 Å². The first kappa shape index (κ1) is 25.8. The van der Waals surface area contributed by atoms with Crippen molar-refractivity contribution in [3.05, 3.63) is 25.3 Å². The van der Waals surface area contributed by atoms with Crippen molar-refractivity contribution in [1.29, 1.82) is 0 Å². The summed E-state index contributed by atoms with van der Waals surface area (Å²) in [6.45, 7) is 15.6. The zero-order valence-corrected chi connectivity index (χ0v) is 21.1. The molecule has 0 aromatic rings. The molecule has 0 saturated carbocycles. The summed E-state index contributed by atoms with van der Waals surface area (Å²) in [5.41, 5.74) is 0. The molecule has 3 aliphatic rings. The number of fused-ring (bicyclic) bond motifs is 1. The number of ether oxygens (including phenoxy) is 1. The van der Waals surface area contributed by atoms with Gasteiger partial charge in [-0.25, -0.2) is 0 Å². The zero-order chi connectivity index (χ0) is 24.5. The maximum Gasteiger partial charge on any atom is 0.311 e.